The summed E-state index contributed by atoms with van der Waals surface area (Å²) >= 11 is 0. The predicted molar refractivity (Wildman–Crippen MR) is 67.3 cm³/mol. The lowest BCUT2D eigenvalue weighted by Gasteiger charge is -2.24. The first-order valence-electron chi connectivity index (χ1n) is 5.92. The number of alkyl carbamates (subject to hydrolysis) is 1. The van der Waals surface area contributed by atoms with Crippen LogP contribution in [0.15, 0.2) is 0 Å². The van der Waals surface area contributed by atoms with E-state index in [2.05, 4.69) is 10.1 Å². The highest BCUT2D eigenvalue weighted by atomic mass is 16.6. The van der Waals surface area contributed by atoms with Crippen LogP contribution in [-0.4, -0.2) is 34.5 Å². The Balaban J connectivity index is 4.75. The van der Waals surface area contributed by atoms with Crippen LogP contribution in [0.25, 0.3) is 5.53 Å². The van der Waals surface area contributed by atoms with Gasteiger partial charge >= 0.3 is 12.3 Å². The van der Waals surface area contributed by atoms with Gasteiger partial charge < -0.3 is 15.6 Å². The molecule has 0 radical (unpaired) electrons. The Kier molecular flexibility index (Phi) is 6.27. The summed E-state index contributed by atoms with van der Waals surface area (Å²) in [5.74, 6) is -0.541. The summed E-state index contributed by atoms with van der Waals surface area (Å²) in [4.78, 5) is 26.0. The van der Waals surface area contributed by atoms with Crippen molar-refractivity contribution < 1.29 is 19.1 Å². The van der Waals surface area contributed by atoms with Gasteiger partial charge in [-0.15, -0.1) is 0 Å². The maximum absolute atomic E-state index is 11.7. The van der Waals surface area contributed by atoms with Gasteiger partial charge in [0.15, 0.2) is 0 Å². The molecule has 2 atom stereocenters. The Hall–Kier alpha value is -1.68. The zero-order chi connectivity index (χ0) is 14.3. The molecule has 0 saturated heterocycles. The average Bonchev–Trinajstić information content (AvgIpc) is 2.22. The van der Waals surface area contributed by atoms with Gasteiger partial charge in [0, 0.05) is 0 Å². The van der Waals surface area contributed by atoms with E-state index in [1.54, 1.807) is 20.8 Å². The first kappa shape index (κ1) is 16.3. The summed E-state index contributed by atoms with van der Waals surface area (Å²) in [5.41, 5.74) is 7.74. The van der Waals surface area contributed by atoms with E-state index in [1.165, 1.54) is 0 Å². The third-order valence-electron chi connectivity index (χ3n) is 2.38. The summed E-state index contributed by atoms with van der Waals surface area (Å²) in [6.07, 6.45) is 0.826. The number of carbonyl (C=O) groups is 2. The summed E-state index contributed by atoms with van der Waals surface area (Å²) in [6.45, 7) is 8.94. The zero-order valence-corrected chi connectivity index (χ0v) is 11.6. The van der Waals surface area contributed by atoms with Crippen molar-refractivity contribution in [3.05, 3.63) is 5.53 Å². The molecule has 0 rings (SSSR count). The van der Waals surface area contributed by atoms with Gasteiger partial charge in [-0.2, -0.15) is 4.79 Å². The van der Waals surface area contributed by atoms with E-state index in [0.717, 1.165) is 6.21 Å². The normalized spacial score (nSPS) is 14.1. The van der Waals surface area contributed by atoms with Crippen molar-refractivity contribution in [2.24, 2.45) is 5.92 Å². The Morgan fingerprint density at radius 1 is 1.44 bits per heavy atom. The molecule has 0 aliphatic rings. The molecule has 0 bridgehead atoms. The van der Waals surface area contributed by atoms with Crippen molar-refractivity contribution in [3.63, 3.8) is 0 Å². The quantitative estimate of drug-likeness (QED) is 0.461. The van der Waals surface area contributed by atoms with E-state index < -0.39 is 23.5 Å². The summed E-state index contributed by atoms with van der Waals surface area (Å²) in [5, 5.41) is 2.50. The second-order valence-electron chi connectivity index (χ2n) is 5.16. The average molecular weight is 255 g/mol. The van der Waals surface area contributed by atoms with Crippen LogP contribution in [0.3, 0.4) is 0 Å². The van der Waals surface area contributed by atoms with Crippen molar-refractivity contribution >= 4 is 18.1 Å². The van der Waals surface area contributed by atoms with Gasteiger partial charge in [-0.25, -0.2) is 4.79 Å². The fourth-order valence-corrected chi connectivity index (χ4v) is 1.30. The molecule has 0 unspecified atom stereocenters. The van der Waals surface area contributed by atoms with Crippen LogP contribution < -0.4 is 5.32 Å². The Bertz CT molecular complexity index is 354. The van der Waals surface area contributed by atoms with E-state index in [4.69, 9.17) is 10.3 Å². The minimum absolute atomic E-state index is 0.0805. The van der Waals surface area contributed by atoms with Gasteiger partial charge in [-0.1, -0.05) is 20.3 Å². The van der Waals surface area contributed by atoms with Crippen LogP contribution in [0.2, 0.25) is 0 Å². The monoisotopic (exact) mass is 255 g/mol. The van der Waals surface area contributed by atoms with Crippen molar-refractivity contribution in [2.45, 2.75) is 52.7 Å². The van der Waals surface area contributed by atoms with Gasteiger partial charge in [-0.05, 0) is 26.7 Å². The SMILES string of the molecule is CC[C@@H](C)[C@@H](NC(=O)OC(C)(C)C)C(=O)C=[N+]=[N-]. The molecule has 0 aliphatic carbocycles. The van der Waals surface area contributed by atoms with Crippen molar-refractivity contribution in [3.8, 4) is 0 Å². The summed E-state index contributed by atoms with van der Waals surface area (Å²) in [7, 11) is 0. The first-order chi connectivity index (χ1) is 8.21. The van der Waals surface area contributed by atoms with E-state index in [0.29, 0.717) is 6.42 Å². The van der Waals surface area contributed by atoms with Gasteiger partial charge in [0.05, 0.1) is 0 Å². The predicted octanol–water partition coefficient (Wildman–Crippen LogP) is 1.80. The molecule has 0 aromatic heterocycles. The Morgan fingerprint density at radius 2 is 2.00 bits per heavy atom. The molecule has 6 heteroatoms. The number of nitrogens with one attached hydrogen (secondary N) is 1. The molecule has 18 heavy (non-hydrogen) atoms. The number of nitrogens with zero attached hydrogens (tertiary/aromatic N) is 2. The van der Waals surface area contributed by atoms with Crippen LogP contribution in [0, 0.1) is 5.92 Å². The van der Waals surface area contributed by atoms with E-state index in [9.17, 15) is 9.59 Å². The molecule has 0 aromatic rings. The van der Waals surface area contributed by atoms with E-state index in [-0.39, 0.29) is 5.92 Å². The lowest BCUT2D eigenvalue weighted by molar-refractivity contribution is -0.119. The fraction of sp³-hybridized carbons (Fsp3) is 0.750. The van der Waals surface area contributed by atoms with Gasteiger partial charge in [0.1, 0.15) is 11.6 Å². The molecular formula is C12H21N3O3. The smallest absolute Gasteiger partial charge is 0.408 e. The van der Waals surface area contributed by atoms with Crippen molar-refractivity contribution in [2.75, 3.05) is 0 Å². The Morgan fingerprint density at radius 3 is 2.39 bits per heavy atom. The molecule has 0 aromatic carbocycles. The van der Waals surface area contributed by atoms with Crippen LogP contribution >= 0.6 is 0 Å². The van der Waals surface area contributed by atoms with Crippen LogP contribution in [-0.2, 0) is 9.53 Å². The lowest BCUT2D eigenvalue weighted by Crippen LogP contribution is -2.47. The fourth-order valence-electron chi connectivity index (χ4n) is 1.30. The second-order valence-corrected chi connectivity index (χ2v) is 5.16. The van der Waals surface area contributed by atoms with Crippen LogP contribution in [0.5, 0.6) is 0 Å². The molecule has 0 saturated carbocycles. The highest BCUT2D eigenvalue weighted by molar-refractivity contribution is 6.28. The first-order valence-corrected chi connectivity index (χ1v) is 5.92. The highest BCUT2D eigenvalue weighted by Gasteiger charge is 2.29. The molecule has 1 N–H and O–H groups in total. The number of Topliss-reactive ketones (excluding diaryl/α,β-unsaturated/α-hetero) is 1. The molecule has 102 valence electrons. The molecule has 0 heterocycles. The van der Waals surface area contributed by atoms with Gasteiger partial charge in [0.2, 0.25) is 0 Å². The zero-order valence-electron chi connectivity index (χ0n) is 11.6. The minimum Gasteiger partial charge on any atom is -0.444 e. The number of hydrogen-bond acceptors (Lipinski definition) is 3. The lowest BCUT2D eigenvalue weighted by atomic mass is 9.96. The number of hydrogen-bond donors (Lipinski definition) is 1. The van der Waals surface area contributed by atoms with Crippen molar-refractivity contribution in [1.82, 2.24) is 5.32 Å². The number of ether oxygens (including phenoxy) is 1. The topological polar surface area (TPSA) is 91.8 Å². The molecule has 0 fully saturated rings. The Labute approximate surface area is 107 Å². The van der Waals surface area contributed by atoms with Gasteiger partial charge in [0.25, 0.3) is 5.78 Å². The highest BCUT2D eigenvalue weighted by Crippen LogP contribution is 2.11. The van der Waals surface area contributed by atoms with Gasteiger partial charge in [-0.3, -0.25) is 4.79 Å². The molecule has 1 amide bonds. The molecule has 0 aliphatic heterocycles. The molecular weight excluding hydrogens is 234 g/mol. The molecule has 0 spiro atoms. The van der Waals surface area contributed by atoms with E-state index in [1.807, 2.05) is 13.8 Å². The summed E-state index contributed by atoms with van der Waals surface area (Å²) < 4.78 is 5.08. The van der Waals surface area contributed by atoms with E-state index >= 15 is 0 Å². The van der Waals surface area contributed by atoms with Crippen LogP contribution in [0.1, 0.15) is 41.0 Å². The number of rotatable bonds is 5. The molecule has 6 nitrogen and oxygen atoms in total. The second kappa shape index (κ2) is 6.91. The summed E-state index contributed by atoms with van der Waals surface area (Å²) in [6, 6.07) is -0.749. The van der Waals surface area contributed by atoms with Crippen LogP contribution in [0.4, 0.5) is 4.79 Å². The maximum Gasteiger partial charge on any atom is 0.408 e. The minimum atomic E-state index is -0.749. The number of amides is 1. The number of ketones is 1. The standard InChI is InChI=1S/C12H21N3O3/c1-6-8(2)10(9(16)7-14-13)15-11(17)18-12(3,4)5/h7-8,10H,6H2,1-5H3,(H,15,17)/t8-,10-/m1/s1. The largest absolute Gasteiger partial charge is 0.444 e. The number of carbonyl (C=O) groups excluding carboxylic acids is 2. The van der Waals surface area contributed by atoms with Crippen molar-refractivity contribution in [1.29, 1.82) is 0 Å². The third kappa shape index (κ3) is 6.15. The third-order valence-corrected chi connectivity index (χ3v) is 2.38. The maximum atomic E-state index is 11.7.